The summed E-state index contributed by atoms with van der Waals surface area (Å²) in [5.41, 5.74) is 1.79. The first kappa shape index (κ1) is 23.6. The highest BCUT2D eigenvalue weighted by molar-refractivity contribution is 5.97. The van der Waals surface area contributed by atoms with Crippen molar-refractivity contribution in [2.24, 2.45) is 0 Å². The molecular weight excluding hydrogens is 434 g/mol. The van der Waals surface area contributed by atoms with Crippen LogP contribution in [0.25, 0.3) is 0 Å². The Kier molecular flexibility index (Phi) is 7.09. The molecule has 1 aliphatic carbocycles. The number of nitrogens with zero attached hydrogens (tertiary/aromatic N) is 1. The van der Waals surface area contributed by atoms with E-state index >= 15 is 0 Å². The van der Waals surface area contributed by atoms with E-state index in [1.54, 1.807) is 0 Å². The van der Waals surface area contributed by atoms with E-state index in [9.17, 15) is 14.7 Å². The number of hydrogen-bond acceptors (Lipinski definition) is 6. The number of rotatable bonds is 1. The SMILES string of the molecule is CN1C[C@@H]2C[C@H]1C(=O)NC[C@H]1O[C@H](CCOc3cc(C4CCCC4)ccc3C(=O)N2)CC[C@@H]1O. The van der Waals surface area contributed by atoms with Crippen LogP contribution in [-0.2, 0) is 9.53 Å². The third kappa shape index (κ3) is 5.09. The largest absolute Gasteiger partial charge is 0.493 e. The van der Waals surface area contributed by atoms with Crippen molar-refractivity contribution in [2.45, 2.75) is 87.7 Å². The first-order valence-corrected chi connectivity index (χ1v) is 12.9. The average molecular weight is 472 g/mol. The highest BCUT2D eigenvalue weighted by Crippen LogP contribution is 2.36. The van der Waals surface area contributed by atoms with Crippen LogP contribution in [0.2, 0.25) is 0 Å². The molecule has 5 atom stereocenters. The minimum Gasteiger partial charge on any atom is -0.493 e. The predicted octanol–water partition coefficient (Wildman–Crippen LogP) is 1.95. The number of carbonyl (C=O) groups is 2. The van der Waals surface area contributed by atoms with Gasteiger partial charge in [-0.2, -0.15) is 0 Å². The second kappa shape index (κ2) is 10.2. The molecule has 0 unspecified atom stereocenters. The molecule has 3 heterocycles. The van der Waals surface area contributed by atoms with Crippen molar-refractivity contribution < 1.29 is 24.2 Å². The van der Waals surface area contributed by atoms with E-state index in [1.165, 1.54) is 31.2 Å². The summed E-state index contributed by atoms with van der Waals surface area (Å²) in [6, 6.07) is 5.58. The zero-order chi connectivity index (χ0) is 23.7. The molecule has 4 aliphatic rings. The van der Waals surface area contributed by atoms with Crippen molar-refractivity contribution in [3.63, 3.8) is 0 Å². The summed E-state index contributed by atoms with van der Waals surface area (Å²) in [5.74, 6) is 0.914. The van der Waals surface area contributed by atoms with Gasteiger partial charge in [-0.3, -0.25) is 14.5 Å². The zero-order valence-corrected chi connectivity index (χ0v) is 20.0. The number of aliphatic hydroxyl groups is 1. The molecule has 0 aromatic heterocycles. The van der Waals surface area contributed by atoms with Crippen LogP contribution in [0.15, 0.2) is 18.2 Å². The summed E-state index contributed by atoms with van der Waals surface area (Å²) in [4.78, 5) is 28.1. The number of aliphatic hydroxyl groups excluding tert-OH is 1. The third-order valence-electron chi connectivity index (χ3n) is 8.02. The van der Waals surface area contributed by atoms with Gasteiger partial charge in [0, 0.05) is 25.6 Å². The molecule has 8 heteroatoms. The summed E-state index contributed by atoms with van der Waals surface area (Å²) < 4.78 is 12.3. The van der Waals surface area contributed by atoms with Gasteiger partial charge in [0.25, 0.3) is 5.91 Å². The fourth-order valence-electron chi connectivity index (χ4n) is 6.00. The Hall–Kier alpha value is -2.16. The minimum absolute atomic E-state index is 0.0490. The Labute approximate surface area is 201 Å². The summed E-state index contributed by atoms with van der Waals surface area (Å²) in [7, 11) is 1.90. The topological polar surface area (TPSA) is 100 Å². The van der Waals surface area contributed by atoms with Crippen molar-refractivity contribution in [3.05, 3.63) is 29.3 Å². The molecule has 8 nitrogen and oxygen atoms in total. The normalized spacial score (nSPS) is 33.6. The van der Waals surface area contributed by atoms with Crippen molar-refractivity contribution in [2.75, 3.05) is 26.7 Å². The van der Waals surface area contributed by atoms with Crippen molar-refractivity contribution in [1.82, 2.24) is 15.5 Å². The first-order valence-electron chi connectivity index (χ1n) is 12.9. The van der Waals surface area contributed by atoms with Gasteiger partial charge in [0.2, 0.25) is 5.91 Å². The Bertz CT molecular complexity index is 902. The van der Waals surface area contributed by atoms with E-state index in [-0.39, 0.29) is 36.5 Å². The van der Waals surface area contributed by atoms with Gasteiger partial charge in [0.1, 0.15) is 11.9 Å². The smallest absolute Gasteiger partial charge is 0.255 e. The number of benzene rings is 1. The fraction of sp³-hybridized carbons (Fsp3) is 0.692. The van der Waals surface area contributed by atoms with Crippen molar-refractivity contribution in [1.29, 1.82) is 0 Å². The monoisotopic (exact) mass is 471 g/mol. The maximum atomic E-state index is 13.3. The summed E-state index contributed by atoms with van der Waals surface area (Å²) >= 11 is 0. The van der Waals surface area contributed by atoms with Gasteiger partial charge in [-0.25, -0.2) is 0 Å². The van der Waals surface area contributed by atoms with Crippen LogP contribution in [0.3, 0.4) is 0 Å². The van der Waals surface area contributed by atoms with Gasteiger partial charge in [-0.1, -0.05) is 18.9 Å². The van der Waals surface area contributed by atoms with E-state index < -0.39 is 12.2 Å². The van der Waals surface area contributed by atoms with Crippen molar-refractivity contribution in [3.8, 4) is 5.75 Å². The molecule has 3 N–H and O–H groups in total. The van der Waals surface area contributed by atoms with E-state index in [0.717, 1.165) is 6.42 Å². The van der Waals surface area contributed by atoms with Gasteiger partial charge in [-0.15, -0.1) is 0 Å². The maximum absolute atomic E-state index is 13.3. The van der Waals surface area contributed by atoms with Crippen LogP contribution in [0.5, 0.6) is 5.75 Å². The van der Waals surface area contributed by atoms with Gasteiger partial charge in [-0.05, 0) is 62.8 Å². The Morgan fingerprint density at radius 3 is 2.74 bits per heavy atom. The van der Waals surface area contributed by atoms with E-state index in [4.69, 9.17) is 9.47 Å². The molecule has 186 valence electrons. The molecule has 2 saturated heterocycles. The molecule has 3 fully saturated rings. The number of carbonyl (C=O) groups excluding carboxylic acids is 2. The number of likely N-dealkylation sites (N-methyl/N-ethyl adjacent to an activating group) is 1. The predicted molar refractivity (Wildman–Crippen MR) is 127 cm³/mol. The van der Waals surface area contributed by atoms with Crippen LogP contribution in [0, 0.1) is 0 Å². The third-order valence-corrected chi connectivity index (χ3v) is 8.02. The molecule has 1 saturated carbocycles. The molecule has 2 amide bonds. The number of amides is 2. The average Bonchev–Trinajstić information content (AvgIpc) is 3.48. The standard InChI is InChI=1S/C26H37N3O5/c1-29-15-18-13-21(29)26(32)27-14-24-22(30)9-7-19(34-24)10-11-33-23-12-17(16-4-2-3-5-16)6-8-20(23)25(31)28-18/h6,8,12,16,18-19,21-22,24,30H,2-5,7,9-11,13-15H2,1H3,(H,27,32)(H,28,31)/t18-,19-,21-,22-,24+/m0/s1. The van der Waals surface area contributed by atoms with Crippen molar-refractivity contribution >= 4 is 11.8 Å². The molecule has 0 spiro atoms. The van der Waals surface area contributed by atoms with E-state index in [0.29, 0.717) is 49.6 Å². The molecule has 34 heavy (non-hydrogen) atoms. The molecule has 3 aliphatic heterocycles. The number of nitrogens with one attached hydrogen (secondary N) is 2. The van der Waals surface area contributed by atoms with Gasteiger partial charge in [0.05, 0.1) is 30.4 Å². The zero-order valence-electron chi connectivity index (χ0n) is 20.0. The van der Waals surface area contributed by atoms with Gasteiger partial charge in [0.15, 0.2) is 0 Å². The fourth-order valence-corrected chi connectivity index (χ4v) is 6.00. The number of ether oxygens (including phenoxy) is 2. The lowest BCUT2D eigenvalue weighted by Crippen LogP contribution is -2.49. The highest BCUT2D eigenvalue weighted by atomic mass is 16.5. The van der Waals surface area contributed by atoms with Gasteiger partial charge < -0.3 is 25.2 Å². The molecule has 0 radical (unpaired) electrons. The molecular formula is C26H37N3O5. The quantitative estimate of drug-likeness (QED) is 0.579. The van der Waals surface area contributed by atoms with E-state index in [2.05, 4.69) is 22.8 Å². The Balaban J connectivity index is 1.40. The summed E-state index contributed by atoms with van der Waals surface area (Å²) in [5, 5.41) is 16.5. The van der Waals surface area contributed by atoms with Crippen LogP contribution < -0.4 is 15.4 Å². The minimum atomic E-state index is -0.584. The number of hydrogen-bond donors (Lipinski definition) is 3. The van der Waals surface area contributed by atoms with Crippen LogP contribution in [-0.4, -0.2) is 79.0 Å². The van der Waals surface area contributed by atoms with Crippen LogP contribution in [0.4, 0.5) is 0 Å². The maximum Gasteiger partial charge on any atom is 0.255 e. The Morgan fingerprint density at radius 1 is 1.09 bits per heavy atom. The molecule has 1 aromatic rings. The van der Waals surface area contributed by atoms with Crippen LogP contribution in [0.1, 0.15) is 73.2 Å². The first-order chi connectivity index (χ1) is 16.5. The number of likely N-dealkylation sites (tertiary alicyclic amines) is 1. The molecule has 5 rings (SSSR count). The van der Waals surface area contributed by atoms with Crippen LogP contribution >= 0.6 is 0 Å². The lowest BCUT2D eigenvalue weighted by Gasteiger charge is -2.34. The molecule has 1 aromatic carbocycles. The second-order valence-electron chi connectivity index (χ2n) is 10.4. The summed E-state index contributed by atoms with van der Waals surface area (Å²) in [6.45, 7) is 1.32. The highest BCUT2D eigenvalue weighted by Gasteiger charge is 2.37. The lowest BCUT2D eigenvalue weighted by molar-refractivity contribution is -0.133. The second-order valence-corrected chi connectivity index (χ2v) is 10.4. The molecule has 4 bridgehead atoms. The number of fused-ring (bicyclic) bond motifs is 5. The van der Waals surface area contributed by atoms with E-state index in [1.807, 2.05) is 18.0 Å². The summed E-state index contributed by atoms with van der Waals surface area (Å²) in [6.07, 6.45) is 6.41. The Morgan fingerprint density at radius 2 is 1.91 bits per heavy atom. The van der Waals surface area contributed by atoms with Gasteiger partial charge >= 0.3 is 0 Å². The lowest BCUT2D eigenvalue weighted by atomic mass is 9.95.